The van der Waals surface area contributed by atoms with Gasteiger partial charge in [0, 0.05) is 18.0 Å². The highest BCUT2D eigenvalue weighted by Crippen LogP contribution is 2.13. The summed E-state index contributed by atoms with van der Waals surface area (Å²) in [4.78, 5) is 13.6. The summed E-state index contributed by atoms with van der Waals surface area (Å²) in [6, 6.07) is 0.201. The zero-order valence-electron chi connectivity index (χ0n) is 13.8. The maximum Gasteiger partial charge on any atom is 0.415 e. The number of ether oxygens (including phenoxy) is 1. The first-order valence-electron chi connectivity index (χ1n) is 7.64. The zero-order chi connectivity index (χ0) is 15.7. The summed E-state index contributed by atoms with van der Waals surface area (Å²) >= 11 is 0. The Hall–Kier alpha value is -1.03. The number of hydrogen-bond acceptors (Lipinski definition) is 3. The van der Waals surface area contributed by atoms with Crippen LogP contribution in [-0.2, 0) is 4.74 Å². The lowest BCUT2D eigenvalue weighted by Gasteiger charge is -2.29. The van der Waals surface area contributed by atoms with E-state index in [0.29, 0.717) is 0 Å². The molecule has 0 saturated carbocycles. The molecular weight excluding hydrogens is 254 g/mol. The van der Waals surface area contributed by atoms with Crippen molar-refractivity contribution in [3.63, 3.8) is 0 Å². The van der Waals surface area contributed by atoms with Crippen molar-refractivity contribution in [1.82, 2.24) is 4.90 Å². The molecule has 0 rings (SSSR count). The average Bonchev–Trinajstić information content (AvgIpc) is 2.34. The molecule has 0 aliphatic heterocycles. The predicted octanol–water partition coefficient (Wildman–Crippen LogP) is 3.94. The number of aliphatic hydroxyl groups excluding tert-OH is 1. The number of nitrogens with zero attached hydrogens (tertiary/aromatic N) is 1. The molecule has 0 aliphatic carbocycles. The van der Waals surface area contributed by atoms with Crippen LogP contribution in [-0.4, -0.2) is 34.3 Å². The van der Waals surface area contributed by atoms with Gasteiger partial charge in [0.2, 0.25) is 0 Å². The molecule has 118 valence electrons. The zero-order valence-corrected chi connectivity index (χ0v) is 13.8. The summed E-state index contributed by atoms with van der Waals surface area (Å²) < 4.78 is 5.15. The van der Waals surface area contributed by atoms with Gasteiger partial charge in [0.05, 0.1) is 12.4 Å². The Labute approximate surface area is 123 Å². The van der Waals surface area contributed by atoms with Crippen molar-refractivity contribution in [1.29, 1.82) is 0 Å². The van der Waals surface area contributed by atoms with Crippen LogP contribution >= 0.6 is 0 Å². The fraction of sp³-hybridized carbons (Fsp3) is 0.812. The lowest BCUT2D eigenvalue weighted by Crippen LogP contribution is -2.41. The molecule has 0 unspecified atom stereocenters. The molecule has 0 bridgehead atoms. The quantitative estimate of drug-likeness (QED) is 0.687. The van der Waals surface area contributed by atoms with Crippen molar-refractivity contribution < 1.29 is 14.6 Å². The predicted molar refractivity (Wildman–Crippen MR) is 82.4 cm³/mol. The van der Waals surface area contributed by atoms with E-state index in [1.54, 1.807) is 11.0 Å². The van der Waals surface area contributed by atoms with Gasteiger partial charge in [-0.2, -0.15) is 0 Å². The maximum absolute atomic E-state index is 11.9. The molecule has 0 spiro atoms. The van der Waals surface area contributed by atoms with Crippen molar-refractivity contribution in [2.45, 2.75) is 79.0 Å². The van der Waals surface area contributed by atoms with Crippen LogP contribution in [0.25, 0.3) is 0 Å². The van der Waals surface area contributed by atoms with Gasteiger partial charge in [-0.1, -0.05) is 26.7 Å². The van der Waals surface area contributed by atoms with E-state index in [2.05, 4.69) is 6.92 Å². The first-order valence-corrected chi connectivity index (χ1v) is 7.64. The standard InChI is InChI=1S/C16H31NO3/c1-7-8-9-15(18)14(6)10-11-20-16(19)17(12(2)3)13(4)5/h10-15,18H,7-9H2,1-6H3/b11-10+/t14-,15-/m1/s1. The molecule has 0 aromatic rings. The van der Waals surface area contributed by atoms with Crippen LogP contribution in [0.15, 0.2) is 12.3 Å². The molecular formula is C16H31NO3. The van der Waals surface area contributed by atoms with E-state index in [1.807, 2.05) is 34.6 Å². The van der Waals surface area contributed by atoms with Crippen LogP contribution in [0.5, 0.6) is 0 Å². The van der Waals surface area contributed by atoms with E-state index in [4.69, 9.17) is 4.74 Å². The van der Waals surface area contributed by atoms with Gasteiger partial charge in [-0.05, 0) is 40.2 Å². The van der Waals surface area contributed by atoms with Gasteiger partial charge in [0.25, 0.3) is 0 Å². The van der Waals surface area contributed by atoms with Crippen LogP contribution in [0.3, 0.4) is 0 Å². The highest BCUT2D eigenvalue weighted by atomic mass is 16.5. The topological polar surface area (TPSA) is 49.8 Å². The molecule has 0 fully saturated rings. The van der Waals surface area contributed by atoms with Crippen molar-refractivity contribution in [3.8, 4) is 0 Å². The van der Waals surface area contributed by atoms with E-state index < -0.39 is 0 Å². The molecule has 4 nitrogen and oxygen atoms in total. The Morgan fingerprint density at radius 3 is 2.20 bits per heavy atom. The second-order valence-corrected chi connectivity index (χ2v) is 5.88. The van der Waals surface area contributed by atoms with E-state index in [9.17, 15) is 9.90 Å². The summed E-state index contributed by atoms with van der Waals surface area (Å²) in [5, 5.41) is 9.90. The largest absolute Gasteiger partial charge is 0.418 e. The molecule has 0 aromatic heterocycles. The summed E-state index contributed by atoms with van der Waals surface area (Å²) in [7, 11) is 0. The minimum Gasteiger partial charge on any atom is -0.418 e. The van der Waals surface area contributed by atoms with E-state index in [0.717, 1.165) is 19.3 Å². The van der Waals surface area contributed by atoms with Gasteiger partial charge in [-0.25, -0.2) is 4.79 Å². The number of rotatable bonds is 8. The average molecular weight is 285 g/mol. The fourth-order valence-electron chi connectivity index (χ4n) is 2.10. The van der Waals surface area contributed by atoms with Crippen molar-refractivity contribution in [3.05, 3.63) is 12.3 Å². The Kier molecular flexibility index (Phi) is 9.30. The second-order valence-electron chi connectivity index (χ2n) is 5.88. The van der Waals surface area contributed by atoms with Crippen LogP contribution < -0.4 is 0 Å². The van der Waals surface area contributed by atoms with Crippen LogP contribution in [0, 0.1) is 5.92 Å². The minimum atomic E-state index is -0.379. The van der Waals surface area contributed by atoms with Crippen molar-refractivity contribution in [2.24, 2.45) is 5.92 Å². The van der Waals surface area contributed by atoms with Crippen LogP contribution in [0.1, 0.15) is 60.8 Å². The van der Waals surface area contributed by atoms with Gasteiger partial charge < -0.3 is 14.7 Å². The summed E-state index contributed by atoms with van der Waals surface area (Å²) in [6.07, 6.45) is 5.28. The molecule has 20 heavy (non-hydrogen) atoms. The van der Waals surface area contributed by atoms with Gasteiger partial charge in [0.15, 0.2) is 0 Å². The van der Waals surface area contributed by atoms with Gasteiger partial charge in [-0.15, -0.1) is 0 Å². The van der Waals surface area contributed by atoms with E-state index in [1.165, 1.54) is 6.26 Å². The number of hydrogen-bond donors (Lipinski definition) is 1. The summed E-state index contributed by atoms with van der Waals surface area (Å²) in [5.74, 6) is -0.0131. The number of unbranched alkanes of at least 4 members (excludes halogenated alkanes) is 1. The molecule has 0 heterocycles. The highest BCUT2D eigenvalue weighted by Gasteiger charge is 2.20. The third-order valence-electron chi connectivity index (χ3n) is 3.33. The Bertz CT molecular complexity index is 292. The maximum atomic E-state index is 11.9. The molecule has 2 atom stereocenters. The first-order chi connectivity index (χ1) is 9.31. The molecule has 1 amide bonds. The highest BCUT2D eigenvalue weighted by molar-refractivity contribution is 5.68. The fourth-order valence-corrected chi connectivity index (χ4v) is 2.10. The second kappa shape index (κ2) is 9.81. The number of aliphatic hydroxyl groups is 1. The molecule has 4 heteroatoms. The Balaban J connectivity index is 4.31. The number of carbonyl (C=O) groups excluding carboxylic acids is 1. The van der Waals surface area contributed by atoms with Gasteiger partial charge in [0.1, 0.15) is 0 Å². The van der Waals surface area contributed by atoms with Gasteiger partial charge in [-0.3, -0.25) is 0 Å². The molecule has 0 aromatic carbocycles. The summed E-state index contributed by atoms with van der Waals surface area (Å²) in [5.41, 5.74) is 0. The normalized spacial score (nSPS) is 14.8. The lowest BCUT2D eigenvalue weighted by molar-refractivity contribution is 0.105. The van der Waals surface area contributed by atoms with Crippen LogP contribution in [0.4, 0.5) is 4.79 Å². The van der Waals surface area contributed by atoms with Crippen LogP contribution in [0.2, 0.25) is 0 Å². The Morgan fingerprint density at radius 1 is 1.20 bits per heavy atom. The van der Waals surface area contributed by atoms with E-state index in [-0.39, 0.29) is 30.2 Å². The molecule has 0 aliphatic rings. The molecule has 0 radical (unpaired) electrons. The Morgan fingerprint density at radius 2 is 1.75 bits per heavy atom. The minimum absolute atomic E-state index is 0.0131. The van der Waals surface area contributed by atoms with Crippen molar-refractivity contribution in [2.75, 3.05) is 0 Å². The first kappa shape index (κ1) is 19.0. The number of carbonyl (C=O) groups is 1. The van der Waals surface area contributed by atoms with Gasteiger partial charge >= 0.3 is 6.09 Å². The van der Waals surface area contributed by atoms with Crippen molar-refractivity contribution >= 4 is 6.09 Å². The monoisotopic (exact) mass is 285 g/mol. The third-order valence-corrected chi connectivity index (χ3v) is 3.33. The third kappa shape index (κ3) is 6.94. The smallest absolute Gasteiger partial charge is 0.415 e. The van der Waals surface area contributed by atoms with E-state index >= 15 is 0 Å². The number of amides is 1. The molecule has 0 saturated heterocycles. The SMILES string of the molecule is CCCC[C@@H](O)[C@H](C)/C=C/OC(=O)N(C(C)C)C(C)C. The lowest BCUT2D eigenvalue weighted by atomic mass is 10.00. The summed E-state index contributed by atoms with van der Waals surface area (Å²) in [6.45, 7) is 11.9. The molecule has 1 N–H and O–H groups in total.